The Morgan fingerprint density at radius 2 is 0.542 bits per heavy atom. The molecule has 0 saturated heterocycles. The molecule has 0 saturated carbocycles. The van der Waals surface area contributed by atoms with Crippen LogP contribution in [-0.4, -0.2) is 47.7 Å². The van der Waals surface area contributed by atoms with Gasteiger partial charge in [0.25, 0.3) is 0 Å². The highest BCUT2D eigenvalue weighted by Crippen LogP contribution is 2.43. The number of benzene rings is 3. The van der Waals surface area contributed by atoms with Gasteiger partial charge in [-0.1, -0.05) is 115 Å². The Labute approximate surface area is 324 Å². The van der Waals surface area contributed by atoms with Crippen LogP contribution in [0.5, 0.6) is 23.0 Å². The third kappa shape index (κ3) is 14.1. The average Bonchev–Trinajstić information content (AvgIpc) is 3.10. The molecule has 0 aliphatic carbocycles. The van der Waals surface area contributed by atoms with Crippen LogP contribution in [0.2, 0.25) is 0 Å². The van der Waals surface area contributed by atoms with Crippen LogP contribution in [0.15, 0.2) is 24.3 Å². The van der Waals surface area contributed by atoms with E-state index >= 15 is 0 Å². The summed E-state index contributed by atoms with van der Waals surface area (Å²) in [5, 5.41) is 9.09. The van der Waals surface area contributed by atoms with Crippen molar-refractivity contribution in [2.24, 2.45) is 0 Å². The molecule has 4 nitrogen and oxygen atoms in total. The first-order chi connectivity index (χ1) is 23.5. The average molecular weight is 923 g/mol. The van der Waals surface area contributed by atoms with E-state index in [0.29, 0.717) is 26.4 Å². The number of halogens is 4. The molecule has 0 heterocycles. The van der Waals surface area contributed by atoms with Crippen LogP contribution in [0.1, 0.15) is 114 Å². The highest BCUT2D eigenvalue weighted by atomic mass is 79.9. The van der Waals surface area contributed by atoms with Gasteiger partial charge in [-0.25, -0.2) is 0 Å². The quantitative estimate of drug-likeness (QED) is 0.0413. The monoisotopic (exact) mass is 918 g/mol. The van der Waals surface area contributed by atoms with Gasteiger partial charge in [-0.2, -0.15) is 0 Å². The number of alkyl halides is 4. The second-order valence-corrected chi connectivity index (χ2v) is 15.9. The molecule has 270 valence electrons. The summed E-state index contributed by atoms with van der Waals surface area (Å²) in [6.45, 7) is 7.26. The number of aryl methyl sites for hydroxylation is 2. The summed E-state index contributed by atoms with van der Waals surface area (Å²) in [6.07, 6.45) is 18.6. The van der Waals surface area contributed by atoms with Crippen LogP contribution < -0.4 is 18.9 Å². The summed E-state index contributed by atoms with van der Waals surface area (Å²) in [7, 11) is 0. The molecule has 3 aromatic carbocycles. The van der Waals surface area contributed by atoms with Crippen molar-refractivity contribution < 1.29 is 18.9 Å². The van der Waals surface area contributed by atoms with Crippen molar-refractivity contribution in [2.45, 2.75) is 117 Å². The van der Waals surface area contributed by atoms with E-state index in [1.165, 1.54) is 110 Å². The molecule has 3 rings (SSSR count). The number of hydrogen-bond acceptors (Lipinski definition) is 4. The van der Waals surface area contributed by atoms with E-state index in [0.717, 1.165) is 70.0 Å². The Morgan fingerprint density at radius 3 is 0.750 bits per heavy atom. The maximum atomic E-state index is 6.45. The number of ether oxygens (including phenoxy) is 4. The van der Waals surface area contributed by atoms with Gasteiger partial charge in [0, 0.05) is 21.3 Å². The molecule has 0 unspecified atom stereocenters. The van der Waals surface area contributed by atoms with Crippen LogP contribution in [0, 0.1) is 13.8 Å². The second kappa shape index (κ2) is 25.3. The van der Waals surface area contributed by atoms with Crippen molar-refractivity contribution in [1.82, 2.24) is 0 Å². The molecule has 0 N–H and O–H groups in total. The molecule has 0 amide bonds. The maximum absolute atomic E-state index is 6.45. The fourth-order valence-electron chi connectivity index (χ4n) is 6.03. The first-order valence-corrected chi connectivity index (χ1v) is 22.8. The molecule has 0 atom stereocenters. The summed E-state index contributed by atoms with van der Waals surface area (Å²) in [6, 6.07) is 8.88. The van der Waals surface area contributed by atoms with Crippen LogP contribution in [0.3, 0.4) is 0 Å². The summed E-state index contributed by atoms with van der Waals surface area (Å²) in [4.78, 5) is 0. The van der Waals surface area contributed by atoms with E-state index in [2.05, 4.69) is 102 Å². The van der Waals surface area contributed by atoms with Gasteiger partial charge in [0.15, 0.2) is 23.0 Å². The molecule has 3 aromatic rings. The third-order valence-corrected chi connectivity index (χ3v) is 11.2. The maximum Gasteiger partial charge on any atom is 0.161 e. The lowest BCUT2D eigenvalue weighted by Crippen LogP contribution is -2.05. The van der Waals surface area contributed by atoms with Gasteiger partial charge in [-0.05, 0) is 122 Å². The zero-order chi connectivity index (χ0) is 34.4. The first-order valence-electron chi connectivity index (χ1n) is 18.3. The minimum atomic E-state index is 0.700. The molecule has 0 aromatic heterocycles. The van der Waals surface area contributed by atoms with Crippen LogP contribution >= 0.6 is 63.7 Å². The zero-order valence-electron chi connectivity index (χ0n) is 29.4. The molecule has 0 bridgehead atoms. The Balaban J connectivity index is 1.94. The molecule has 8 heteroatoms. The molecular weight excluding hydrogens is 864 g/mol. The molecule has 0 spiro atoms. The fourth-order valence-corrected chi connectivity index (χ4v) is 7.62. The number of unbranched alkanes of at least 4 members (excludes halogenated alkanes) is 12. The minimum absolute atomic E-state index is 0.700. The van der Waals surface area contributed by atoms with Gasteiger partial charge in [-0.15, -0.1) is 0 Å². The summed E-state index contributed by atoms with van der Waals surface area (Å²) >= 11 is 14.2. The van der Waals surface area contributed by atoms with E-state index in [9.17, 15) is 0 Å². The normalized spacial score (nSPS) is 11.5. The molecular formula is C40H58Br4O4. The van der Waals surface area contributed by atoms with Crippen LogP contribution in [-0.2, 0) is 0 Å². The highest BCUT2D eigenvalue weighted by Gasteiger charge is 2.18. The lowest BCUT2D eigenvalue weighted by molar-refractivity contribution is 0.259. The Kier molecular flexibility index (Phi) is 22.0. The highest BCUT2D eigenvalue weighted by molar-refractivity contribution is 9.09. The standard InChI is InChI=1S/C40H58Br4O4/c1-31-33-27-37(45-23-15-7-3-11-19-41)39(47-25-17-9-5-13-21-43)29-35(33)32(2)36-30-40(48-26-18-10-6-14-22-44)38(28-34(31)36)46-24-16-8-4-12-20-42/h27-30H,3-26H2,1-2H3. The topological polar surface area (TPSA) is 36.9 Å². The van der Waals surface area contributed by atoms with Gasteiger partial charge in [-0.3, -0.25) is 0 Å². The Morgan fingerprint density at radius 1 is 0.333 bits per heavy atom. The van der Waals surface area contributed by atoms with Crippen molar-refractivity contribution in [3.63, 3.8) is 0 Å². The summed E-state index contributed by atoms with van der Waals surface area (Å²) < 4.78 is 25.8. The van der Waals surface area contributed by atoms with E-state index < -0.39 is 0 Å². The van der Waals surface area contributed by atoms with Crippen LogP contribution in [0.25, 0.3) is 21.5 Å². The van der Waals surface area contributed by atoms with Gasteiger partial charge < -0.3 is 18.9 Å². The first kappa shape index (κ1) is 41.7. The number of rotatable bonds is 28. The smallest absolute Gasteiger partial charge is 0.161 e. The van der Waals surface area contributed by atoms with Crippen LogP contribution in [0.4, 0.5) is 0 Å². The largest absolute Gasteiger partial charge is 0.490 e. The predicted octanol–water partition coefficient (Wildman–Crippen LogP) is 13.9. The van der Waals surface area contributed by atoms with Crippen molar-refractivity contribution in [3.8, 4) is 23.0 Å². The number of fused-ring (bicyclic) bond motifs is 2. The van der Waals surface area contributed by atoms with Gasteiger partial charge >= 0.3 is 0 Å². The summed E-state index contributed by atoms with van der Waals surface area (Å²) in [5.74, 6) is 3.41. The van der Waals surface area contributed by atoms with Crippen molar-refractivity contribution in [2.75, 3.05) is 47.7 Å². The second-order valence-electron chi connectivity index (χ2n) is 12.7. The van der Waals surface area contributed by atoms with Crippen molar-refractivity contribution >= 4 is 85.3 Å². The van der Waals surface area contributed by atoms with E-state index in [-0.39, 0.29) is 0 Å². The molecule has 48 heavy (non-hydrogen) atoms. The lowest BCUT2D eigenvalue weighted by Gasteiger charge is -2.20. The third-order valence-electron chi connectivity index (χ3n) is 8.93. The number of hydrogen-bond donors (Lipinski definition) is 0. The van der Waals surface area contributed by atoms with E-state index in [1.54, 1.807) is 0 Å². The predicted molar refractivity (Wildman–Crippen MR) is 222 cm³/mol. The molecule has 0 aliphatic rings. The van der Waals surface area contributed by atoms with Crippen molar-refractivity contribution in [1.29, 1.82) is 0 Å². The van der Waals surface area contributed by atoms with Gasteiger partial charge in [0.1, 0.15) is 0 Å². The molecule has 0 radical (unpaired) electrons. The SMILES string of the molecule is Cc1c2cc(OCCCCCCBr)c(OCCCCCCBr)cc2c(C)c2cc(OCCCCCCBr)c(OCCCCCCBr)cc12. The van der Waals surface area contributed by atoms with Gasteiger partial charge in [0.2, 0.25) is 0 Å². The Hall–Kier alpha value is -0.700. The lowest BCUT2D eigenvalue weighted by atomic mass is 9.92. The zero-order valence-corrected chi connectivity index (χ0v) is 35.8. The minimum Gasteiger partial charge on any atom is -0.490 e. The van der Waals surface area contributed by atoms with Gasteiger partial charge in [0.05, 0.1) is 26.4 Å². The van der Waals surface area contributed by atoms with Crippen molar-refractivity contribution in [3.05, 3.63) is 35.4 Å². The summed E-state index contributed by atoms with van der Waals surface area (Å²) in [5.41, 5.74) is 2.47. The molecule has 0 aliphatic heterocycles. The fraction of sp³-hybridized carbons (Fsp3) is 0.650. The Bertz CT molecular complexity index is 1140. The van der Waals surface area contributed by atoms with E-state index in [4.69, 9.17) is 18.9 Å². The molecule has 0 fully saturated rings. The van der Waals surface area contributed by atoms with E-state index in [1.807, 2.05) is 0 Å².